The van der Waals surface area contributed by atoms with E-state index < -0.39 is 10.0 Å². The molecule has 1 fully saturated rings. The number of hydrogen-bond acceptors (Lipinski definition) is 6. The molecule has 0 atom stereocenters. The lowest BCUT2D eigenvalue weighted by Crippen LogP contribution is -2.41. The molecular weight excluding hydrogens is 396 g/mol. The van der Waals surface area contributed by atoms with Crippen molar-refractivity contribution in [3.63, 3.8) is 0 Å². The molecule has 2 heterocycles. The number of carbonyl (C=O) groups is 1. The van der Waals surface area contributed by atoms with E-state index >= 15 is 0 Å². The molecular formula is C19H26N4O5S. The maximum absolute atomic E-state index is 12.8. The van der Waals surface area contributed by atoms with Gasteiger partial charge in [-0.2, -0.15) is 4.31 Å². The monoisotopic (exact) mass is 422 g/mol. The van der Waals surface area contributed by atoms with E-state index in [2.05, 4.69) is 10.3 Å². The van der Waals surface area contributed by atoms with Crippen LogP contribution >= 0.6 is 0 Å². The van der Waals surface area contributed by atoms with Gasteiger partial charge in [-0.05, 0) is 19.8 Å². The van der Waals surface area contributed by atoms with Gasteiger partial charge in [0.1, 0.15) is 17.3 Å². The fourth-order valence-corrected chi connectivity index (χ4v) is 4.76. The van der Waals surface area contributed by atoms with E-state index in [1.165, 1.54) is 10.5 Å². The standard InChI is InChI=1S/C19H26N4O5S/c1-13-20-18(12-22(13)2)29(25,26)23-7-5-14(6-8-23)19(24)21-15-9-16(27-3)11-17(10-15)28-4/h9-12,14H,5-8H2,1-4H3,(H,21,24). The second-order valence-corrected chi connectivity index (χ2v) is 8.89. The van der Waals surface area contributed by atoms with Crippen LogP contribution in [0, 0.1) is 12.8 Å². The average Bonchev–Trinajstić information content (AvgIpc) is 3.07. The lowest BCUT2D eigenvalue weighted by molar-refractivity contribution is -0.120. The minimum atomic E-state index is -3.65. The minimum absolute atomic E-state index is 0.0453. The summed E-state index contributed by atoms with van der Waals surface area (Å²) in [6, 6.07) is 5.14. The van der Waals surface area contributed by atoms with Gasteiger partial charge in [0, 0.05) is 56.1 Å². The van der Waals surface area contributed by atoms with Crippen LogP contribution in [0.3, 0.4) is 0 Å². The van der Waals surface area contributed by atoms with Crippen LogP contribution in [0.4, 0.5) is 5.69 Å². The van der Waals surface area contributed by atoms with Crippen LogP contribution in [0.5, 0.6) is 11.5 Å². The molecule has 1 aliphatic rings. The van der Waals surface area contributed by atoms with E-state index in [1.807, 2.05) is 0 Å². The van der Waals surface area contributed by atoms with Crippen LogP contribution in [0.1, 0.15) is 18.7 Å². The highest BCUT2D eigenvalue weighted by atomic mass is 32.2. The number of imidazole rings is 1. The summed E-state index contributed by atoms with van der Waals surface area (Å²) in [7, 11) is 1.18. The molecule has 1 saturated heterocycles. The van der Waals surface area contributed by atoms with Crippen molar-refractivity contribution in [1.82, 2.24) is 13.9 Å². The molecule has 158 valence electrons. The van der Waals surface area contributed by atoms with Gasteiger partial charge in [0.25, 0.3) is 10.0 Å². The van der Waals surface area contributed by atoms with E-state index in [0.29, 0.717) is 35.9 Å². The van der Waals surface area contributed by atoms with Crippen LogP contribution in [0.2, 0.25) is 0 Å². The predicted octanol–water partition coefficient (Wildman–Crippen LogP) is 1.79. The Labute approximate surface area is 170 Å². The normalized spacial score (nSPS) is 15.9. The van der Waals surface area contributed by atoms with E-state index in [-0.39, 0.29) is 29.9 Å². The summed E-state index contributed by atoms with van der Waals surface area (Å²) < 4.78 is 39.1. The molecule has 3 rings (SSSR count). The Balaban J connectivity index is 1.64. The maximum atomic E-state index is 12.8. The van der Waals surface area contributed by atoms with Gasteiger partial charge in [-0.25, -0.2) is 13.4 Å². The van der Waals surface area contributed by atoms with Crippen molar-refractivity contribution in [2.75, 3.05) is 32.6 Å². The highest BCUT2D eigenvalue weighted by Crippen LogP contribution is 2.28. The SMILES string of the molecule is COc1cc(NC(=O)C2CCN(S(=O)(=O)c3cn(C)c(C)n3)CC2)cc(OC)c1. The van der Waals surface area contributed by atoms with Crippen molar-refractivity contribution >= 4 is 21.6 Å². The summed E-state index contributed by atoms with van der Waals surface area (Å²) in [5.74, 6) is 1.36. The van der Waals surface area contributed by atoms with Crippen LogP contribution in [-0.4, -0.2) is 55.5 Å². The van der Waals surface area contributed by atoms with Gasteiger partial charge < -0.3 is 19.4 Å². The lowest BCUT2D eigenvalue weighted by atomic mass is 9.97. The number of carbonyl (C=O) groups excluding carboxylic acids is 1. The molecule has 1 amide bonds. The maximum Gasteiger partial charge on any atom is 0.262 e. The third-order valence-corrected chi connectivity index (χ3v) is 6.90. The summed E-state index contributed by atoms with van der Waals surface area (Å²) >= 11 is 0. The van der Waals surface area contributed by atoms with Crippen molar-refractivity contribution in [1.29, 1.82) is 0 Å². The summed E-state index contributed by atoms with van der Waals surface area (Å²) in [5.41, 5.74) is 0.574. The van der Waals surface area contributed by atoms with Gasteiger partial charge in [0.2, 0.25) is 5.91 Å². The molecule has 29 heavy (non-hydrogen) atoms. The van der Waals surface area contributed by atoms with Crippen LogP contribution in [0.25, 0.3) is 0 Å². The number of anilines is 1. The number of aromatic nitrogens is 2. The van der Waals surface area contributed by atoms with E-state index in [1.54, 1.807) is 51.0 Å². The number of nitrogens with one attached hydrogen (secondary N) is 1. The van der Waals surface area contributed by atoms with Crippen molar-refractivity contribution in [3.8, 4) is 11.5 Å². The largest absolute Gasteiger partial charge is 0.497 e. The molecule has 0 saturated carbocycles. The molecule has 2 aromatic rings. The summed E-state index contributed by atoms with van der Waals surface area (Å²) in [6.45, 7) is 2.30. The molecule has 0 aliphatic carbocycles. The minimum Gasteiger partial charge on any atom is -0.497 e. The number of aryl methyl sites for hydroxylation is 2. The quantitative estimate of drug-likeness (QED) is 0.761. The summed E-state index contributed by atoms with van der Waals surface area (Å²) in [4.78, 5) is 16.8. The molecule has 1 aromatic heterocycles. The summed E-state index contributed by atoms with van der Waals surface area (Å²) in [6.07, 6.45) is 2.40. The van der Waals surface area contributed by atoms with Gasteiger partial charge in [-0.1, -0.05) is 0 Å². The lowest BCUT2D eigenvalue weighted by Gasteiger charge is -2.30. The molecule has 1 N–H and O–H groups in total. The Morgan fingerprint density at radius 1 is 1.14 bits per heavy atom. The van der Waals surface area contributed by atoms with Crippen LogP contribution in [0.15, 0.2) is 29.4 Å². The Hall–Kier alpha value is -2.59. The molecule has 1 aromatic carbocycles. The third kappa shape index (κ3) is 4.54. The first kappa shape index (κ1) is 21.1. The summed E-state index contributed by atoms with van der Waals surface area (Å²) in [5, 5.41) is 2.92. The zero-order valence-corrected chi connectivity index (χ0v) is 17.8. The predicted molar refractivity (Wildman–Crippen MR) is 108 cm³/mol. The Kier molecular flexibility index (Phi) is 6.13. The number of amides is 1. The fraction of sp³-hybridized carbons (Fsp3) is 0.474. The number of methoxy groups -OCH3 is 2. The second-order valence-electron chi connectivity index (χ2n) is 7.01. The number of hydrogen-bond donors (Lipinski definition) is 1. The molecule has 0 unspecified atom stereocenters. The fourth-order valence-electron chi connectivity index (χ4n) is 3.27. The zero-order valence-electron chi connectivity index (χ0n) is 17.0. The number of rotatable bonds is 6. The molecule has 0 radical (unpaired) electrons. The van der Waals surface area contributed by atoms with Crippen LogP contribution < -0.4 is 14.8 Å². The second kappa shape index (κ2) is 8.42. The van der Waals surface area contributed by atoms with E-state index in [4.69, 9.17) is 9.47 Å². The Morgan fingerprint density at radius 3 is 2.21 bits per heavy atom. The number of piperidine rings is 1. The molecule has 9 nitrogen and oxygen atoms in total. The number of nitrogens with zero attached hydrogens (tertiary/aromatic N) is 3. The van der Waals surface area contributed by atoms with Gasteiger partial charge in [-0.3, -0.25) is 4.79 Å². The van der Waals surface area contributed by atoms with Crippen LogP contribution in [-0.2, 0) is 21.9 Å². The first-order valence-electron chi connectivity index (χ1n) is 9.28. The van der Waals surface area contributed by atoms with Gasteiger partial charge in [0.15, 0.2) is 5.03 Å². The molecule has 10 heteroatoms. The van der Waals surface area contributed by atoms with Crippen molar-refractivity contribution < 1.29 is 22.7 Å². The molecule has 0 spiro atoms. The molecule has 1 aliphatic heterocycles. The Bertz CT molecular complexity index is 952. The van der Waals surface area contributed by atoms with Gasteiger partial charge in [-0.15, -0.1) is 0 Å². The van der Waals surface area contributed by atoms with Gasteiger partial charge >= 0.3 is 0 Å². The number of ether oxygens (including phenoxy) is 2. The Morgan fingerprint density at radius 2 is 1.72 bits per heavy atom. The topological polar surface area (TPSA) is 103 Å². The highest BCUT2D eigenvalue weighted by molar-refractivity contribution is 7.89. The number of benzene rings is 1. The smallest absolute Gasteiger partial charge is 0.262 e. The average molecular weight is 423 g/mol. The van der Waals surface area contributed by atoms with Crippen molar-refractivity contribution in [2.24, 2.45) is 13.0 Å². The molecule has 0 bridgehead atoms. The number of sulfonamides is 1. The van der Waals surface area contributed by atoms with E-state index in [9.17, 15) is 13.2 Å². The van der Waals surface area contributed by atoms with Crippen molar-refractivity contribution in [2.45, 2.75) is 24.8 Å². The van der Waals surface area contributed by atoms with E-state index in [0.717, 1.165) is 0 Å². The zero-order chi connectivity index (χ0) is 21.2. The van der Waals surface area contributed by atoms with Crippen molar-refractivity contribution in [3.05, 3.63) is 30.2 Å². The van der Waals surface area contributed by atoms with Gasteiger partial charge in [0.05, 0.1) is 14.2 Å². The highest BCUT2D eigenvalue weighted by Gasteiger charge is 2.33. The first-order valence-corrected chi connectivity index (χ1v) is 10.7. The third-order valence-electron chi connectivity index (χ3n) is 5.13. The first-order chi connectivity index (χ1) is 13.7.